The molecule has 1 aliphatic heterocycles. The molecule has 0 radical (unpaired) electrons. The molecule has 1 atom stereocenters. The summed E-state index contributed by atoms with van der Waals surface area (Å²) in [5, 5.41) is 0. The van der Waals surface area contributed by atoms with Crippen molar-refractivity contribution >= 4 is 12.0 Å². The van der Waals surface area contributed by atoms with Gasteiger partial charge < -0.3 is 23.8 Å². The van der Waals surface area contributed by atoms with Crippen LogP contribution in [0.4, 0.5) is 0 Å². The maximum absolute atomic E-state index is 13.0. The fourth-order valence-corrected chi connectivity index (χ4v) is 4.28. The van der Waals surface area contributed by atoms with Crippen LogP contribution in [0.1, 0.15) is 36.0 Å². The van der Waals surface area contributed by atoms with Gasteiger partial charge in [0.25, 0.3) is 0 Å². The molecule has 0 saturated carbocycles. The number of hydrogen-bond donors (Lipinski definition) is 0. The molecule has 1 aliphatic rings. The third-order valence-electron chi connectivity index (χ3n) is 6.34. The molecule has 0 N–H and O–H groups in total. The number of hydrogen-bond acceptors (Lipinski definition) is 6. The third kappa shape index (κ3) is 6.17. The normalized spacial score (nSPS) is 13.8. The van der Waals surface area contributed by atoms with Crippen molar-refractivity contribution < 1.29 is 23.7 Å². The SMILES string of the molecule is C=C(CCN(C)CC(C)c1ccc(OC)c(OC)c1)N1C=Cc2cc(OC)c(OC)cc2CC1=O. The van der Waals surface area contributed by atoms with Gasteiger partial charge >= 0.3 is 0 Å². The highest BCUT2D eigenvalue weighted by atomic mass is 16.5. The molecule has 35 heavy (non-hydrogen) atoms. The third-order valence-corrected chi connectivity index (χ3v) is 6.34. The number of carbonyl (C=O) groups excluding carboxylic acids is 1. The first-order valence-electron chi connectivity index (χ1n) is 11.6. The highest BCUT2D eigenvalue weighted by molar-refractivity contribution is 5.85. The van der Waals surface area contributed by atoms with Crippen LogP contribution in [0.25, 0.3) is 6.08 Å². The molecule has 1 heterocycles. The zero-order chi connectivity index (χ0) is 25.5. The Hall–Kier alpha value is -3.45. The Balaban J connectivity index is 1.60. The van der Waals surface area contributed by atoms with Gasteiger partial charge in [0.2, 0.25) is 5.91 Å². The second kappa shape index (κ2) is 11.8. The lowest BCUT2D eigenvalue weighted by Gasteiger charge is -2.25. The molecular weight excluding hydrogens is 444 g/mol. The first-order chi connectivity index (χ1) is 16.8. The standard InChI is InChI=1S/C28H36N2O5/c1-19(21-8-9-24(32-4)25(14-21)33-5)18-29(3)12-10-20(2)30-13-11-22-15-26(34-6)27(35-7)16-23(22)17-28(30)31/h8-9,11,13-16,19H,2,10,12,17-18H2,1,3-7H3. The van der Waals surface area contributed by atoms with E-state index in [0.717, 1.165) is 41.4 Å². The van der Waals surface area contributed by atoms with Crippen molar-refractivity contribution in [1.29, 1.82) is 0 Å². The molecule has 0 aromatic heterocycles. The predicted octanol–water partition coefficient (Wildman–Crippen LogP) is 4.72. The molecule has 0 bridgehead atoms. The van der Waals surface area contributed by atoms with Gasteiger partial charge in [0.05, 0.1) is 34.9 Å². The Morgan fingerprint density at radius 3 is 2.29 bits per heavy atom. The molecule has 0 aliphatic carbocycles. The lowest BCUT2D eigenvalue weighted by atomic mass is 10.00. The molecular formula is C28H36N2O5. The molecule has 0 saturated heterocycles. The lowest BCUT2D eigenvalue weighted by Crippen LogP contribution is -2.29. The van der Waals surface area contributed by atoms with Crippen LogP contribution in [0.3, 0.4) is 0 Å². The van der Waals surface area contributed by atoms with E-state index in [1.54, 1.807) is 39.5 Å². The van der Waals surface area contributed by atoms with Gasteiger partial charge in [0, 0.05) is 31.4 Å². The van der Waals surface area contributed by atoms with Crippen molar-refractivity contribution in [2.24, 2.45) is 0 Å². The Labute approximate surface area is 208 Å². The minimum Gasteiger partial charge on any atom is -0.493 e. The molecule has 7 heteroatoms. The van der Waals surface area contributed by atoms with Gasteiger partial charge in [-0.1, -0.05) is 19.6 Å². The fourth-order valence-electron chi connectivity index (χ4n) is 4.28. The van der Waals surface area contributed by atoms with Gasteiger partial charge in [0.1, 0.15) is 0 Å². The maximum Gasteiger partial charge on any atom is 0.235 e. The second-order valence-electron chi connectivity index (χ2n) is 8.76. The maximum atomic E-state index is 13.0. The van der Waals surface area contributed by atoms with E-state index in [-0.39, 0.29) is 12.3 Å². The van der Waals surface area contributed by atoms with Crippen LogP contribution in [0.2, 0.25) is 0 Å². The molecule has 1 unspecified atom stereocenters. The first kappa shape index (κ1) is 26.2. The van der Waals surface area contributed by atoms with E-state index in [2.05, 4.69) is 31.5 Å². The summed E-state index contributed by atoms with van der Waals surface area (Å²) < 4.78 is 21.6. The van der Waals surface area contributed by atoms with Crippen LogP contribution in [-0.4, -0.2) is 64.3 Å². The molecule has 0 spiro atoms. The van der Waals surface area contributed by atoms with Crippen molar-refractivity contribution in [3.63, 3.8) is 0 Å². The zero-order valence-electron chi connectivity index (χ0n) is 21.6. The summed E-state index contributed by atoms with van der Waals surface area (Å²) in [6.45, 7) is 8.03. The monoisotopic (exact) mass is 480 g/mol. The topological polar surface area (TPSA) is 60.5 Å². The largest absolute Gasteiger partial charge is 0.493 e. The number of rotatable bonds is 11. The lowest BCUT2D eigenvalue weighted by molar-refractivity contribution is -0.126. The molecule has 2 aromatic carbocycles. The van der Waals surface area contributed by atoms with E-state index in [0.29, 0.717) is 23.8 Å². The molecule has 7 nitrogen and oxygen atoms in total. The summed E-state index contributed by atoms with van der Waals surface area (Å²) in [5.41, 5.74) is 3.79. The molecule has 3 rings (SSSR count). The molecule has 188 valence electrons. The molecule has 2 aromatic rings. The van der Waals surface area contributed by atoms with Crippen LogP contribution in [0, 0.1) is 0 Å². The minimum atomic E-state index is -0.0152. The van der Waals surface area contributed by atoms with Crippen LogP contribution >= 0.6 is 0 Å². The summed E-state index contributed by atoms with van der Waals surface area (Å²) in [6, 6.07) is 9.80. The van der Waals surface area contributed by atoms with Crippen LogP contribution in [0.15, 0.2) is 48.8 Å². The Morgan fingerprint density at radius 2 is 1.63 bits per heavy atom. The first-order valence-corrected chi connectivity index (χ1v) is 11.6. The number of amides is 1. The van der Waals surface area contributed by atoms with E-state index in [1.165, 1.54) is 5.56 Å². The van der Waals surface area contributed by atoms with E-state index < -0.39 is 0 Å². The van der Waals surface area contributed by atoms with Crippen LogP contribution < -0.4 is 18.9 Å². The average Bonchev–Trinajstić information content (AvgIpc) is 3.03. The van der Waals surface area contributed by atoms with Gasteiger partial charge in [-0.3, -0.25) is 9.69 Å². The predicted molar refractivity (Wildman–Crippen MR) is 138 cm³/mol. The van der Waals surface area contributed by atoms with Gasteiger partial charge in [0.15, 0.2) is 23.0 Å². The van der Waals surface area contributed by atoms with E-state index in [9.17, 15) is 4.79 Å². The summed E-state index contributed by atoms with van der Waals surface area (Å²) in [6.07, 6.45) is 4.67. The smallest absolute Gasteiger partial charge is 0.235 e. The van der Waals surface area contributed by atoms with E-state index in [1.807, 2.05) is 30.3 Å². The second-order valence-corrected chi connectivity index (χ2v) is 8.76. The number of nitrogens with zero attached hydrogens (tertiary/aromatic N) is 2. The van der Waals surface area contributed by atoms with Gasteiger partial charge in [-0.15, -0.1) is 0 Å². The van der Waals surface area contributed by atoms with Gasteiger partial charge in [-0.25, -0.2) is 0 Å². The fraction of sp³-hybridized carbons (Fsp3) is 0.393. The quantitative estimate of drug-likeness (QED) is 0.464. The number of likely N-dealkylation sites (N-methyl/N-ethyl adjacent to an activating group) is 1. The summed E-state index contributed by atoms with van der Waals surface area (Å²) in [5.74, 6) is 2.99. The number of ether oxygens (including phenoxy) is 4. The zero-order valence-corrected chi connectivity index (χ0v) is 21.6. The Bertz CT molecular complexity index is 1090. The number of benzene rings is 2. The number of carbonyl (C=O) groups is 1. The van der Waals surface area contributed by atoms with Crippen LogP contribution in [0.5, 0.6) is 23.0 Å². The van der Waals surface area contributed by atoms with Gasteiger partial charge in [-0.05, 0) is 60.0 Å². The minimum absolute atomic E-state index is 0.0152. The molecule has 0 fully saturated rings. The summed E-state index contributed by atoms with van der Waals surface area (Å²) in [4.78, 5) is 16.9. The van der Waals surface area contributed by atoms with Crippen molar-refractivity contribution in [1.82, 2.24) is 9.80 Å². The summed E-state index contributed by atoms with van der Waals surface area (Å²) >= 11 is 0. The highest BCUT2D eigenvalue weighted by Crippen LogP contribution is 2.33. The van der Waals surface area contributed by atoms with Crippen molar-refractivity contribution in [2.45, 2.75) is 25.7 Å². The van der Waals surface area contributed by atoms with Crippen LogP contribution in [-0.2, 0) is 11.2 Å². The van der Waals surface area contributed by atoms with Gasteiger partial charge in [-0.2, -0.15) is 0 Å². The van der Waals surface area contributed by atoms with Crippen molar-refractivity contribution in [3.05, 3.63) is 65.5 Å². The number of methoxy groups -OCH3 is 4. The van der Waals surface area contributed by atoms with Crippen molar-refractivity contribution in [3.8, 4) is 23.0 Å². The summed E-state index contributed by atoms with van der Waals surface area (Å²) in [7, 11) is 8.56. The average molecular weight is 481 g/mol. The Morgan fingerprint density at radius 1 is 1.00 bits per heavy atom. The molecule has 1 amide bonds. The number of fused-ring (bicyclic) bond motifs is 1. The van der Waals surface area contributed by atoms with E-state index in [4.69, 9.17) is 18.9 Å². The van der Waals surface area contributed by atoms with Crippen molar-refractivity contribution in [2.75, 3.05) is 48.6 Å². The Kier molecular flexibility index (Phi) is 8.82. The van der Waals surface area contributed by atoms with E-state index >= 15 is 0 Å². The highest BCUT2D eigenvalue weighted by Gasteiger charge is 2.22.